The smallest absolute Gasteiger partial charge is 0.251 e. The van der Waals surface area contributed by atoms with Crippen molar-refractivity contribution >= 4 is 40.1 Å². The standard InChI is InChI=1S/C26H20F2IN3O2/c1-26(2)23-21(29)9-18(24(33)31-13-16-5-3-4-15(6-16)12-30)10-22(23)32(25(26)34)14-17-7-19(27)11-20(28)8-17/h3-11H,13-14H2,1-2H3,(H,31,33). The van der Waals surface area contributed by atoms with E-state index in [1.54, 1.807) is 44.2 Å². The first kappa shape index (κ1) is 23.8. The van der Waals surface area contributed by atoms with Gasteiger partial charge in [0.2, 0.25) is 5.91 Å². The van der Waals surface area contributed by atoms with Crippen LogP contribution in [0.5, 0.6) is 0 Å². The van der Waals surface area contributed by atoms with Gasteiger partial charge in [0.05, 0.1) is 29.3 Å². The molecule has 1 heterocycles. The average Bonchev–Trinajstić information content (AvgIpc) is 2.97. The highest BCUT2D eigenvalue weighted by Crippen LogP contribution is 2.45. The van der Waals surface area contributed by atoms with Crippen LogP contribution in [0.25, 0.3) is 0 Å². The molecule has 34 heavy (non-hydrogen) atoms. The van der Waals surface area contributed by atoms with Crippen molar-refractivity contribution in [3.05, 3.63) is 97.6 Å². The minimum atomic E-state index is -0.857. The van der Waals surface area contributed by atoms with E-state index < -0.39 is 17.0 Å². The quantitative estimate of drug-likeness (QED) is 0.429. The molecule has 0 saturated carbocycles. The molecule has 8 heteroatoms. The van der Waals surface area contributed by atoms with E-state index in [0.717, 1.165) is 20.8 Å². The van der Waals surface area contributed by atoms with Crippen molar-refractivity contribution in [1.82, 2.24) is 5.32 Å². The van der Waals surface area contributed by atoms with E-state index >= 15 is 0 Å². The second kappa shape index (κ2) is 9.14. The molecule has 3 aromatic carbocycles. The van der Waals surface area contributed by atoms with Gasteiger partial charge >= 0.3 is 0 Å². The molecule has 172 valence electrons. The van der Waals surface area contributed by atoms with Crippen LogP contribution in [-0.2, 0) is 23.3 Å². The fraction of sp³-hybridized carbons (Fsp3) is 0.192. The van der Waals surface area contributed by atoms with Gasteiger partial charge in [0.1, 0.15) is 11.6 Å². The SMILES string of the molecule is CC1(C)C(=O)N(Cc2cc(F)cc(F)c2)c2cc(C(=O)NCc3cccc(C#N)c3)cc(I)c21. The van der Waals surface area contributed by atoms with E-state index in [-0.39, 0.29) is 24.9 Å². The predicted molar refractivity (Wildman–Crippen MR) is 132 cm³/mol. The van der Waals surface area contributed by atoms with Gasteiger partial charge in [-0.05, 0) is 84.0 Å². The van der Waals surface area contributed by atoms with E-state index in [9.17, 15) is 18.4 Å². The Labute approximate surface area is 209 Å². The van der Waals surface area contributed by atoms with Gasteiger partial charge in [0.15, 0.2) is 0 Å². The Bertz CT molecular complexity index is 1340. The third-order valence-corrected chi connectivity index (χ3v) is 6.65. The van der Waals surface area contributed by atoms with Gasteiger partial charge in [-0.25, -0.2) is 8.78 Å². The summed E-state index contributed by atoms with van der Waals surface area (Å²) in [5.74, 6) is -1.98. The number of amides is 2. The van der Waals surface area contributed by atoms with Crippen molar-refractivity contribution in [3.63, 3.8) is 0 Å². The van der Waals surface area contributed by atoms with E-state index in [1.807, 2.05) is 6.07 Å². The fourth-order valence-corrected chi connectivity index (χ4v) is 5.47. The average molecular weight is 571 g/mol. The summed E-state index contributed by atoms with van der Waals surface area (Å²) in [6.07, 6.45) is 0. The molecular formula is C26H20F2IN3O2. The monoisotopic (exact) mass is 571 g/mol. The maximum Gasteiger partial charge on any atom is 0.251 e. The number of benzene rings is 3. The molecule has 0 atom stereocenters. The summed E-state index contributed by atoms with van der Waals surface area (Å²) in [6.45, 7) is 3.81. The molecule has 2 amide bonds. The van der Waals surface area contributed by atoms with Crippen LogP contribution in [-0.4, -0.2) is 11.8 Å². The first-order valence-corrected chi connectivity index (χ1v) is 11.6. The lowest BCUT2D eigenvalue weighted by molar-refractivity contribution is -0.122. The number of rotatable bonds is 5. The van der Waals surface area contributed by atoms with Gasteiger partial charge in [0.25, 0.3) is 5.91 Å². The highest BCUT2D eigenvalue weighted by Gasteiger charge is 2.45. The highest BCUT2D eigenvalue weighted by atomic mass is 127. The van der Waals surface area contributed by atoms with Crippen LogP contribution < -0.4 is 10.2 Å². The minimum Gasteiger partial charge on any atom is -0.348 e. The lowest BCUT2D eigenvalue weighted by atomic mass is 9.86. The molecule has 4 rings (SSSR count). The summed E-state index contributed by atoms with van der Waals surface area (Å²) in [6, 6.07) is 15.6. The third-order valence-electron chi connectivity index (χ3n) is 5.80. The van der Waals surface area contributed by atoms with Crippen LogP contribution in [0.4, 0.5) is 14.5 Å². The Kier molecular flexibility index (Phi) is 6.41. The molecule has 0 bridgehead atoms. The molecule has 0 fully saturated rings. The Hall–Kier alpha value is -3.32. The number of carbonyl (C=O) groups is 2. The van der Waals surface area contributed by atoms with Gasteiger partial charge in [0, 0.05) is 27.3 Å². The van der Waals surface area contributed by atoms with Gasteiger partial charge < -0.3 is 10.2 Å². The summed E-state index contributed by atoms with van der Waals surface area (Å²) in [5, 5.41) is 11.9. The second-order valence-corrected chi connectivity index (χ2v) is 9.80. The molecule has 0 spiro atoms. The van der Waals surface area contributed by atoms with E-state index in [0.29, 0.717) is 22.4 Å². The summed E-state index contributed by atoms with van der Waals surface area (Å²) < 4.78 is 28.2. The van der Waals surface area contributed by atoms with E-state index in [1.165, 1.54) is 17.0 Å². The maximum atomic E-state index is 13.7. The van der Waals surface area contributed by atoms with Crippen molar-refractivity contribution in [2.24, 2.45) is 0 Å². The topological polar surface area (TPSA) is 73.2 Å². The number of nitrogens with zero attached hydrogens (tertiary/aromatic N) is 2. The van der Waals surface area contributed by atoms with Crippen molar-refractivity contribution < 1.29 is 18.4 Å². The first-order valence-electron chi connectivity index (χ1n) is 10.5. The summed E-state index contributed by atoms with van der Waals surface area (Å²) in [4.78, 5) is 27.7. The Balaban J connectivity index is 1.65. The van der Waals surface area contributed by atoms with Crippen LogP contribution in [0.2, 0.25) is 0 Å². The molecule has 0 unspecified atom stereocenters. The second-order valence-electron chi connectivity index (χ2n) is 8.64. The van der Waals surface area contributed by atoms with Crippen molar-refractivity contribution in [2.75, 3.05) is 4.90 Å². The summed E-state index contributed by atoms with van der Waals surface area (Å²) in [5.41, 5.74) is 2.43. The number of carbonyl (C=O) groups excluding carboxylic acids is 2. The third kappa shape index (κ3) is 4.53. The molecule has 5 nitrogen and oxygen atoms in total. The Morgan fingerprint density at radius 1 is 1.09 bits per heavy atom. The van der Waals surface area contributed by atoms with Crippen molar-refractivity contribution in [1.29, 1.82) is 5.26 Å². The van der Waals surface area contributed by atoms with Gasteiger partial charge in [-0.15, -0.1) is 0 Å². The van der Waals surface area contributed by atoms with Gasteiger partial charge in [-0.1, -0.05) is 12.1 Å². The predicted octanol–water partition coefficient (Wildman–Crippen LogP) is 5.20. The van der Waals surface area contributed by atoms with Crippen LogP contribution in [0.1, 0.15) is 46.5 Å². The molecule has 0 aliphatic carbocycles. The number of hydrogen-bond acceptors (Lipinski definition) is 3. The normalized spacial score (nSPS) is 14.0. The lowest BCUT2D eigenvalue weighted by Gasteiger charge is -2.20. The van der Waals surface area contributed by atoms with E-state index in [4.69, 9.17) is 5.26 Å². The zero-order valence-corrected chi connectivity index (χ0v) is 20.6. The Morgan fingerprint density at radius 3 is 2.47 bits per heavy atom. The Morgan fingerprint density at radius 2 is 1.79 bits per heavy atom. The molecule has 3 aromatic rings. The number of nitriles is 1. The summed E-state index contributed by atoms with van der Waals surface area (Å²) >= 11 is 2.11. The number of fused-ring (bicyclic) bond motifs is 1. The number of hydrogen-bond donors (Lipinski definition) is 1. The first-order chi connectivity index (χ1) is 16.1. The molecule has 0 radical (unpaired) electrons. The highest BCUT2D eigenvalue weighted by molar-refractivity contribution is 14.1. The molecule has 1 aliphatic heterocycles. The number of halogens is 3. The zero-order chi connectivity index (χ0) is 24.6. The van der Waals surface area contributed by atoms with E-state index in [2.05, 4.69) is 34.0 Å². The van der Waals surface area contributed by atoms with Crippen LogP contribution in [0, 0.1) is 26.5 Å². The molecular weight excluding hydrogens is 551 g/mol. The van der Waals surface area contributed by atoms with Crippen LogP contribution in [0.3, 0.4) is 0 Å². The number of anilines is 1. The number of nitrogens with one attached hydrogen (secondary N) is 1. The van der Waals surface area contributed by atoms with Gasteiger partial charge in [-0.3, -0.25) is 9.59 Å². The minimum absolute atomic E-state index is 0.0218. The van der Waals surface area contributed by atoms with Crippen molar-refractivity contribution in [3.8, 4) is 6.07 Å². The summed E-state index contributed by atoms with van der Waals surface area (Å²) in [7, 11) is 0. The molecule has 1 N–H and O–H groups in total. The molecule has 0 aromatic heterocycles. The van der Waals surface area contributed by atoms with Crippen LogP contribution in [0.15, 0.2) is 54.6 Å². The zero-order valence-electron chi connectivity index (χ0n) is 18.5. The fourth-order valence-electron chi connectivity index (χ4n) is 4.19. The van der Waals surface area contributed by atoms with Crippen LogP contribution >= 0.6 is 22.6 Å². The van der Waals surface area contributed by atoms with Gasteiger partial charge in [-0.2, -0.15) is 5.26 Å². The maximum absolute atomic E-state index is 13.7. The lowest BCUT2D eigenvalue weighted by Crippen LogP contribution is -2.36. The molecule has 1 aliphatic rings. The largest absolute Gasteiger partial charge is 0.348 e. The van der Waals surface area contributed by atoms with Crippen molar-refractivity contribution in [2.45, 2.75) is 32.4 Å². The molecule has 0 saturated heterocycles.